The van der Waals surface area contributed by atoms with E-state index in [0.717, 1.165) is 24.9 Å². The predicted molar refractivity (Wildman–Crippen MR) is 90.4 cm³/mol. The fourth-order valence-electron chi connectivity index (χ4n) is 2.94. The first kappa shape index (κ1) is 18.7. The summed E-state index contributed by atoms with van der Waals surface area (Å²) >= 11 is 0. The summed E-state index contributed by atoms with van der Waals surface area (Å²) in [5.74, 6) is 0.812. The van der Waals surface area contributed by atoms with Gasteiger partial charge in [0.15, 0.2) is 5.78 Å². The zero-order chi connectivity index (χ0) is 15.4. The number of halogens is 1. The van der Waals surface area contributed by atoms with Crippen molar-refractivity contribution in [3.05, 3.63) is 35.4 Å². The molecule has 0 spiro atoms. The molecule has 2 unspecified atom stereocenters. The van der Waals surface area contributed by atoms with Crippen molar-refractivity contribution >= 4 is 24.1 Å². The summed E-state index contributed by atoms with van der Waals surface area (Å²) in [6, 6.07) is 7.45. The van der Waals surface area contributed by atoms with Gasteiger partial charge < -0.3 is 10.6 Å². The van der Waals surface area contributed by atoms with Crippen molar-refractivity contribution in [1.29, 1.82) is 0 Å². The number of hydrogen-bond acceptors (Lipinski definition) is 3. The van der Waals surface area contributed by atoms with Crippen molar-refractivity contribution in [1.82, 2.24) is 4.90 Å². The highest BCUT2D eigenvalue weighted by Crippen LogP contribution is 2.22. The number of Topliss-reactive ketones (excluding diaryl/α,β-unsaturated/α-hetero) is 1. The Morgan fingerprint density at radius 2 is 1.91 bits per heavy atom. The van der Waals surface area contributed by atoms with Crippen LogP contribution in [0.1, 0.15) is 42.6 Å². The molecule has 5 heteroatoms. The quantitative estimate of drug-likeness (QED) is 0.865. The molecule has 0 radical (unpaired) electrons. The number of rotatable bonds is 4. The van der Waals surface area contributed by atoms with E-state index >= 15 is 0 Å². The third-order valence-electron chi connectivity index (χ3n) is 4.29. The molecule has 1 aromatic rings. The number of ketones is 1. The molecule has 1 aromatic carbocycles. The fraction of sp³-hybridized carbons (Fsp3) is 0.529. The molecule has 1 aliphatic rings. The molecule has 0 aliphatic carbocycles. The van der Waals surface area contributed by atoms with E-state index in [9.17, 15) is 9.59 Å². The van der Waals surface area contributed by atoms with E-state index in [1.165, 1.54) is 0 Å². The predicted octanol–water partition coefficient (Wildman–Crippen LogP) is 2.44. The maximum atomic E-state index is 12.5. The number of benzene rings is 1. The Labute approximate surface area is 138 Å². The second-order valence-corrected chi connectivity index (χ2v) is 6.04. The molecular weight excluding hydrogens is 300 g/mol. The molecule has 2 rings (SSSR count). The zero-order valence-corrected chi connectivity index (χ0v) is 14.1. The summed E-state index contributed by atoms with van der Waals surface area (Å²) in [4.78, 5) is 25.6. The van der Waals surface area contributed by atoms with Crippen LogP contribution in [-0.4, -0.2) is 35.7 Å². The molecule has 1 aliphatic heterocycles. The topological polar surface area (TPSA) is 63.4 Å². The number of likely N-dealkylation sites (tertiary alicyclic amines) is 1. The number of nitrogens with zero attached hydrogens (tertiary/aromatic N) is 1. The van der Waals surface area contributed by atoms with Gasteiger partial charge in [-0.05, 0) is 31.2 Å². The molecule has 1 fully saturated rings. The fourth-order valence-corrected chi connectivity index (χ4v) is 2.94. The smallest absolute Gasteiger partial charge is 0.227 e. The molecule has 122 valence electrons. The first-order valence-electron chi connectivity index (χ1n) is 7.60. The van der Waals surface area contributed by atoms with Gasteiger partial charge >= 0.3 is 0 Å². The van der Waals surface area contributed by atoms with E-state index in [-0.39, 0.29) is 30.1 Å². The van der Waals surface area contributed by atoms with Gasteiger partial charge in [-0.15, -0.1) is 12.4 Å². The van der Waals surface area contributed by atoms with Gasteiger partial charge in [0.2, 0.25) is 5.91 Å². The minimum Gasteiger partial charge on any atom is -0.338 e. The maximum Gasteiger partial charge on any atom is 0.227 e. The number of nitrogens with two attached hydrogens (primary N) is 1. The highest BCUT2D eigenvalue weighted by Gasteiger charge is 2.28. The molecule has 2 N–H and O–H groups in total. The molecule has 1 amide bonds. The number of amides is 1. The van der Waals surface area contributed by atoms with Crippen LogP contribution in [0.2, 0.25) is 0 Å². The van der Waals surface area contributed by atoms with Crippen molar-refractivity contribution < 1.29 is 9.59 Å². The van der Waals surface area contributed by atoms with Gasteiger partial charge in [0, 0.05) is 24.7 Å². The van der Waals surface area contributed by atoms with E-state index in [1.54, 1.807) is 19.1 Å². The Balaban J connectivity index is 0.00000242. The summed E-state index contributed by atoms with van der Waals surface area (Å²) < 4.78 is 0. The molecule has 0 aromatic heterocycles. The lowest BCUT2D eigenvalue weighted by molar-refractivity contribution is -0.134. The largest absolute Gasteiger partial charge is 0.338 e. The van der Waals surface area contributed by atoms with Gasteiger partial charge in [-0.25, -0.2) is 0 Å². The van der Waals surface area contributed by atoms with Crippen molar-refractivity contribution in [3.8, 4) is 0 Å². The van der Waals surface area contributed by atoms with Gasteiger partial charge in [-0.1, -0.05) is 31.2 Å². The third-order valence-corrected chi connectivity index (χ3v) is 4.29. The van der Waals surface area contributed by atoms with Crippen LogP contribution in [-0.2, 0) is 11.2 Å². The van der Waals surface area contributed by atoms with Crippen LogP contribution >= 0.6 is 12.4 Å². The van der Waals surface area contributed by atoms with E-state index < -0.39 is 0 Å². The number of carbonyl (C=O) groups excluding carboxylic acids is 2. The molecule has 0 bridgehead atoms. The van der Waals surface area contributed by atoms with Crippen molar-refractivity contribution in [2.24, 2.45) is 11.7 Å². The van der Waals surface area contributed by atoms with Crippen LogP contribution in [0, 0.1) is 5.92 Å². The monoisotopic (exact) mass is 324 g/mol. The molecule has 22 heavy (non-hydrogen) atoms. The van der Waals surface area contributed by atoms with Gasteiger partial charge in [0.25, 0.3) is 0 Å². The normalized spacial score (nSPS) is 21.1. The first-order valence-corrected chi connectivity index (χ1v) is 7.60. The molecule has 1 saturated heterocycles. The Bertz CT molecular complexity index is 516. The lowest BCUT2D eigenvalue weighted by Crippen LogP contribution is -2.49. The Hall–Kier alpha value is -1.39. The SMILES string of the molecule is CC(=O)c1ccc(CC(=O)N2CCC(C)CC2CN)cc1.Cl. The lowest BCUT2D eigenvalue weighted by atomic mass is 9.92. The van der Waals surface area contributed by atoms with E-state index in [4.69, 9.17) is 5.73 Å². The minimum atomic E-state index is 0. The average Bonchev–Trinajstić information content (AvgIpc) is 2.47. The lowest BCUT2D eigenvalue weighted by Gasteiger charge is -2.38. The number of piperidine rings is 1. The Kier molecular flexibility index (Phi) is 7.04. The van der Waals surface area contributed by atoms with E-state index in [2.05, 4.69) is 6.92 Å². The maximum absolute atomic E-state index is 12.5. The van der Waals surface area contributed by atoms with Crippen LogP contribution in [0.4, 0.5) is 0 Å². The van der Waals surface area contributed by atoms with Crippen LogP contribution < -0.4 is 5.73 Å². The van der Waals surface area contributed by atoms with E-state index in [0.29, 0.717) is 24.4 Å². The summed E-state index contributed by atoms with van der Waals surface area (Å²) in [7, 11) is 0. The molecule has 2 atom stereocenters. The van der Waals surface area contributed by atoms with E-state index in [1.807, 2.05) is 17.0 Å². The van der Waals surface area contributed by atoms with Crippen molar-refractivity contribution in [2.45, 2.75) is 39.2 Å². The van der Waals surface area contributed by atoms with Crippen molar-refractivity contribution in [3.63, 3.8) is 0 Å². The van der Waals surface area contributed by atoms with Gasteiger partial charge in [0.05, 0.1) is 6.42 Å². The molecule has 0 saturated carbocycles. The summed E-state index contributed by atoms with van der Waals surface area (Å²) in [5, 5.41) is 0. The molecule has 4 nitrogen and oxygen atoms in total. The highest BCUT2D eigenvalue weighted by atomic mass is 35.5. The number of hydrogen-bond donors (Lipinski definition) is 1. The third kappa shape index (κ3) is 4.55. The van der Waals surface area contributed by atoms with Crippen LogP contribution in [0.3, 0.4) is 0 Å². The van der Waals surface area contributed by atoms with Gasteiger partial charge in [0.1, 0.15) is 0 Å². The highest BCUT2D eigenvalue weighted by molar-refractivity contribution is 5.94. The van der Waals surface area contributed by atoms with Crippen LogP contribution in [0.5, 0.6) is 0 Å². The molecule has 1 heterocycles. The molecular formula is C17H25ClN2O2. The van der Waals surface area contributed by atoms with Crippen LogP contribution in [0.15, 0.2) is 24.3 Å². The van der Waals surface area contributed by atoms with Crippen molar-refractivity contribution in [2.75, 3.05) is 13.1 Å². The number of carbonyl (C=O) groups is 2. The Morgan fingerprint density at radius 3 is 2.45 bits per heavy atom. The Morgan fingerprint density at radius 1 is 1.27 bits per heavy atom. The summed E-state index contributed by atoms with van der Waals surface area (Å²) in [6.07, 6.45) is 2.42. The van der Waals surface area contributed by atoms with Gasteiger partial charge in [-0.2, -0.15) is 0 Å². The average molecular weight is 325 g/mol. The summed E-state index contributed by atoms with van der Waals surface area (Å²) in [5.41, 5.74) is 7.43. The first-order chi connectivity index (χ1) is 10.0. The zero-order valence-electron chi connectivity index (χ0n) is 13.2. The second kappa shape index (κ2) is 8.30. The summed E-state index contributed by atoms with van der Waals surface area (Å²) in [6.45, 7) is 5.08. The second-order valence-electron chi connectivity index (χ2n) is 6.04. The minimum absolute atomic E-state index is 0. The van der Waals surface area contributed by atoms with Crippen LogP contribution in [0.25, 0.3) is 0 Å². The van der Waals surface area contributed by atoms with Gasteiger partial charge in [-0.3, -0.25) is 9.59 Å². The standard InChI is InChI=1S/C17H24N2O2.ClH/c1-12-7-8-19(16(9-12)11-18)17(21)10-14-3-5-15(6-4-14)13(2)20;/h3-6,12,16H,7-11,18H2,1-2H3;1H.